The molecule has 0 saturated carbocycles. The monoisotopic (exact) mass is 340 g/mol. The Morgan fingerprint density at radius 2 is 2.05 bits per heavy atom. The highest BCUT2D eigenvalue weighted by atomic mass is 79.9. The highest BCUT2D eigenvalue weighted by Gasteiger charge is 2.05. The average molecular weight is 341 g/mol. The Morgan fingerprint density at radius 3 is 2.86 bits per heavy atom. The Hall–Kier alpha value is -2.20. The summed E-state index contributed by atoms with van der Waals surface area (Å²) in [5, 5.41) is 5.13. The van der Waals surface area contributed by atoms with E-state index in [0.717, 1.165) is 26.5 Å². The lowest BCUT2D eigenvalue weighted by Gasteiger charge is -2.07. The fourth-order valence-electron chi connectivity index (χ4n) is 2.22. The second kappa shape index (κ2) is 6.06. The normalized spacial score (nSPS) is 10.5. The second-order valence-corrected chi connectivity index (χ2v) is 5.62. The van der Waals surface area contributed by atoms with Crippen LogP contribution in [0.2, 0.25) is 0 Å². The van der Waals surface area contributed by atoms with Crippen molar-refractivity contribution in [3.05, 3.63) is 71.0 Å². The summed E-state index contributed by atoms with van der Waals surface area (Å²) in [7, 11) is 0. The van der Waals surface area contributed by atoms with Crippen molar-refractivity contribution in [1.82, 2.24) is 4.98 Å². The molecule has 1 N–H and O–H groups in total. The molecule has 0 atom stereocenters. The minimum atomic E-state index is -0.0441. The van der Waals surface area contributed by atoms with E-state index in [1.807, 2.05) is 48.5 Å². The van der Waals surface area contributed by atoms with Gasteiger partial charge in [0.1, 0.15) is 0 Å². The first-order valence-electron chi connectivity index (χ1n) is 6.59. The van der Waals surface area contributed by atoms with Crippen LogP contribution in [0.3, 0.4) is 0 Å². The number of benzene rings is 2. The zero-order chi connectivity index (χ0) is 14.7. The molecule has 3 nitrogen and oxygen atoms in total. The maximum atomic E-state index is 12.0. The third-order valence-corrected chi connectivity index (χ3v) is 3.89. The molecule has 3 aromatic rings. The highest BCUT2D eigenvalue weighted by Crippen LogP contribution is 2.26. The molecular formula is C17H13BrN2O. The second-order valence-electron chi connectivity index (χ2n) is 4.76. The largest absolute Gasteiger partial charge is 0.326 e. The number of nitrogens with zero attached hydrogens (tertiary/aromatic N) is 1. The Morgan fingerprint density at radius 1 is 1.14 bits per heavy atom. The van der Waals surface area contributed by atoms with Gasteiger partial charge in [0.15, 0.2) is 0 Å². The molecule has 1 aromatic heterocycles. The molecule has 0 unspecified atom stereocenters. The first-order chi connectivity index (χ1) is 10.2. The number of carbonyl (C=O) groups is 1. The molecule has 2 aromatic carbocycles. The number of pyridine rings is 1. The molecule has 104 valence electrons. The smallest absolute Gasteiger partial charge is 0.228 e. The Kier molecular flexibility index (Phi) is 3.97. The van der Waals surface area contributed by atoms with Crippen molar-refractivity contribution >= 4 is 38.3 Å². The molecule has 1 heterocycles. The quantitative estimate of drug-likeness (QED) is 0.777. The van der Waals surface area contributed by atoms with Crippen LogP contribution in [0.1, 0.15) is 5.56 Å². The van der Waals surface area contributed by atoms with E-state index >= 15 is 0 Å². The summed E-state index contributed by atoms with van der Waals surface area (Å²) in [4.78, 5) is 16.0. The zero-order valence-electron chi connectivity index (χ0n) is 11.2. The number of rotatable bonds is 3. The molecule has 0 saturated heterocycles. The van der Waals surface area contributed by atoms with Gasteiger partial charge in [-0.3, -0.25) is 9.78 Å². The summed E-state index contributed by atoms with van der Waals surface area (Å²) in [5.74, 6) is -0.0441. The van der Waals surface area contributed by atoms with E-state index in [0.29, 0.717) is 6.42 Å². The number of nitrogens with one attached hydrogen (secondary N) is 1. The van der Waals surface area contributed by atoms with Crippen LogP contribution in [0.4, 0.5) is 5.69 Å². The average Bonchev–Trinajstić information content (AvgIpc) is 2.48. The molecule has 0 aliphatic heterocycles. The first-order valence-corrected chi connectivity index (χ1v) is 7.39. The standard InChI is InChI=1S/C17H13BrN2O/c18-16-5-1-4-13-10-14(6-7-15(13)16)20-17(21)9-12-3-2-8-19-11-12/h1-8,10-11H,9H2,(H,20,21). The van der Waals surface area contributed by atoms with Crippen LogP contribution in [0.5, 0.6) is 0 Å². The van der Waals surface area contributed by atoms with Gasteiger partial charge in [-0.05, 0) is 40.6 Å². The van der Waals surface area contributed by atoms with Gasteiger partial charge in [-0.25, -0.2) is 0 Å². The molecule has 0 radical (unpaired) electrons. The van der Waals surface area contributed by atoms with E-state index in [2.05, 4.69) is 26.2 Å². The molecule has 3 rings (SSSR count). The van der Waals surface area contributed by atoms with Crippen molar-refractivity contribution < 1.29 is 4.79 Å². The number of amides is 1. The van der Waals surface area contributed by atoms with Crippen molar-refractivity contribution in [3.63, 3.8) is 0 Å². The maximum absolute atomic E-state index is 12.0. The number of hydrogen-bond donors (Lipinski definition) is 1. The number of carbonyl (C=O) groups excluding carboxylic acids is 1. The van der Waals surface area contributed by atoms with Crippen molar-refractivity contribution in [2.75, 3.05) is 5.32 Å². The fraction of sp³-hybridized carbons (Fsp3) is 0.0588. The van der Waals surface area contributed by atoms with Gasteiger partial charge in [-0.15, -0.1) is 0 Å². The molecule has 0 fully saturated rings. The van der Waals surface area contributed by atoms with E-state index in [1.54, 1.807) is 12.4 Å². The Labute approximate surface area is 131 Å². The fourth-order valence-corrected chi connectivity index (χ4v) is 2.73. The van der Waals surface area contributed by atoms with Gasteiger partial charge in [0.2, 0.25) is 5.91 Å². The summed E-state index contributed by atoms with van der Waals surface area (Å²) < 4.78 is 1.05. The molecule has 0 spiro atoms. The summed E-state index contributed by atoms with van der Waals surface area (Å²) in [6.07, 6.45) is 3.73. The Bertz CT molecular complexity index is 787. The van der Waals surface area contributed by atoms with Gasteiger partial charge in [0.05, 0.1) is 6.42 Å². The van der Waals surface area contributed by atoms with Crippen LogP contribution in [0, 0.1) is 0 Å². The summed E-state index contributed by atoms with van der Waals surface area (Å²) >= 11 is 3.52. The predicted octanol–water partition coefficient (Wildman–Crippen LogP) is 4.18. The molecule has 4 heteroatoms. The minimum Gasteiger partial charge on any atom is -0.326 e. The van der Waals surface area contributed by atoms with Crippen LogP contribution < -0.4 is 5.32 Å². The van der Waals surface area contributed by atoms with Crippen molar-refractivity contribution in [2.24, 2.45) is 0 Å². The topological polar surface area (TPSA) is 42.0 Å². The summed E-state index contributed by atoms with van der Waals surface area (Å²) in [5.41, 5.74) is 1.70. The Balaban J connectivity index is 1.77. The van der Waals surface area contributed by atoms with E-state index in [4.69, 9.17) is 0 Å². The van der Waals surface area contributed by atoms with Gasteiger partial charge < -0.3 is 5.32 Å². The van der Waals surface area contributed by atoms with Crippen LogP contribution in [0.15, 0.2) is 65.4 Å². The highest BCUT2D eigenvalue weighted by molar-refractivity contribution is 9.10. The number of aromatic nitrogens is 1. The van der Waals surface area contributed by atoms with Crippen molar-refractivity contribution in [2.45, 2.75) is 6.42 Å². The minimum absolute atomic E-state index is 0.0441. The van der Waals surface area contributed by atoms with Crippen molar-refractivity contribution in [3.8, 4) is 0 Å². The maximum Gasteiger partial charge on any atom is 0.228 e. The summed E-state index contributed by atoms with van der Waals surface area (Å²) in [6.45, 7) is 0. The lowest BCUT2D eigenvalue weighted by Crippen LogP contribution is -2.14. The molecule has 0 aliphatic rings. The molecule has 0 bridgehead atoms. The third-order valence-electron chi connectivity index (χ3n) is 3.20. The first kappa shape index (κ1) is 13.8. The number of anilines is 1. The number of hydrogen-bond acceptors (Lipinski definition) is 2. The van der Waals surface area contributed by atoms with Gasteiger partial charge in [0, 0.05) is 22.6 Å². The molecule has 0 aliphatic carbocycles. The number of halogens is 1. The van der Waals surface area contributed by atoms with Crippen LogP contribution in [-0.4, -0.2) is 10.9 Å². The van der Waals surface area contributed by atoms with Gasteiger partial charge in [-0.1, -0.05) is 40.2 Å². The zero-order valence-corrected chi connectivity index (χ0v) is 12.8. The third kappa shape index (κ3) is 3.28. The van der Waals surface area contributed by atoms with Crippen LogP contribution in [-0.2, 0) is 11.2 Å². The van der Waals surface area contributed by atoms with Crippen LogP contribution >= 0.6 is 15.9 Å². The lowest BCUT2D eigenvalue weighted by atomic mass is 10.1. The molecule has 21 heavy (non-hydrogen) atoms. The van der Waals surface area contributed by atoms with Gasteiger partial charge in [0.25, 0.3) is 0 Å². The van der Waals surface area contributed by atoms with Gasteiger partial charge >= 0.3 is 0 Å². The SMILES string of the molecule is O=C(Cc1cccnc1)Nc1ccc2c(Br)cccc2c1. The van der Waals surface area contributed by atoms with E-state index in [9.17, 15) is 4.79 Å². The number of fused-ring (bicyclic) bond motifs is 1. The summed E-state index contributed by atoms with van der Waals surface area (Å²) in [6, 6.07) is 15.6. The molecule has 1 amide bonds. The van der Waals surface area contributed by atoms with Gasteiger partial charge in [-0.2, -0.15) is 0 Å². The molecular weight excluding hydrogens is 328 g/mol. The van der Waals surface area contributed by atoms with E-state index in [-0.39, 0.29) is 5.91 Å². The van der Waals surface area contributed by atoms with E-state index < -0.39 is 0 Å². The van der Waals surface area contributed by atoms with Crippen molar-refractivity contribution in [1.29, 1.82) is 0 Å². The lowest BCUT2D eigenvalue weighted by molar-refractivity contribution is -0.115. The predicted molar refractivity (Wildman–Crippen MR) is 88.2 cm³/mol. The van der Waals surface area contributed by atoms with E-state index in [1.165, 1.54) is 0 Å². The van der Waals surface area contributed by atoms with Crippen LogP contribution in [0.25, 0.3) is 10.8 Å².